The van der Waals surface area contributed by atoms with E-state index in [0.29, 0.717) is 23.6 Å². The van der Waals surface area contributed by atoms with Crippen LogP contribution in [0.3, 0.4) is 0 Å². The summed E-state index contributed by atoms with van der Waals surface area (Å²) in [6.45, 7) is 2.23. The van der Waals surface area contributed by atoms with Crippen molar-refractivity contribution in [2.24, 2.45) is 0 Å². The van der Waals surface area contributed by atoms with E-state index in [1.165, 1.54) is 12.4 Å². The second-order valence-corrected chi connectivity index (χ2v) is 7.73. The number of alkyl halides is 3. The van der Waals surface area contributed by atoms with Gasteiger partial charge in [-0.2, -0.15) is 18.4 Å². The number of amides is 1. The largest absolute Gasteiger partial charge is 0.484 e. The lowest BCUT2D eigenvalue weighted by Gasteiger charge is -2.25. The zero-order chi connectivity index (χ0) is 23.0. The third kappa shape index (κ3) is 7.50. The summed E-state index contributed by atoms with van der Waals surface area (Å²) >= 11 is 0.428. The summed E-state index contributed by atoms with van der Waals surface area (Å²) < 4.78 is 43.5. The Hall–Kier alpha value is -2.68. The number of hydrogen-bond acceptors (Lipinski definition) is 7. The Balaban J connectivity index is 1.98. The molecular formula is C20H23F3N4O3S. The van der Waals surface area contributed by atoms with Crippen LogP contribution in [0.1, 0.15) is 35.2 Å². The molecule has 0 radical (unpaired) electrons. The Bertz CT molecular complexity index is 896. The molecule has 1 aromatic carbocycles. The van der Waals surface area contributed by atoms with Crippen molar-refractivity contribution >= 4 is 17.2 Å². The van der Waals surface area contributed by atoms with Gasteiger partial charge in [0.2, 0.25) is 0 Å². The minimum atomic E-state index is -4.56. The van der Waals surface area contributed by atoms with Gasteiger partial charge in [0.25, 0.3) is 5.91 Å². The molecule has 1 heterocycles. The number of nitrogens with one attached hydrogen (secondary N) is 1. The zero-order valence-electron chi connectivity index (χ0n) is 17.0. The van der Waals surface area contributed by atoms with Crippen LogP contribution in [-0.2, 0) is 11.0 Å². The first-order valence-corrected chi connectivity index (χ1v) is 10.2. The van der Waals surface area contributed by atoms with Crippen molar-refractivity contribution in [3.05, 3.63) is 45.9 Å². The van der Waals surface area contributed by atoms with Gasteiger partial charge in [0.15, 0.2) is 11.6 Å². The lowest BCUT2D eigenvalue weighted by atomic mass is 10.00. The average Bonchev–Trinajstić information content (AvgIpc) is 3.23. The smallest absolute Gasteiger partial charge is 0.443 e. The first-order valence-electron chi connectivity index (χ1n) is 9.37. The second-order valence-electron chi connectivity index (χ2n) is 6.88. The van der Waals surface area contributed by atoms with Crippen molar-refractivity contribution < 1.29 is 27.8 Å². The molecule has 0 aliphatic carbocycles. The third-order valence-electron chi connectivity index (χ3n) is 4.46. The quantitative estimate of drug-likeness (QED) is 0.534. The van der Waals surface area contributed by atoms with Crippen molar-refractivity contribution in [1.29, 1.82) is 5.26 Å². The maximum Gasteiger partial charge on any atom is 0.443 e. The van der Waals surface area contributed by atoms with Crippen LogP contribution >= 0.6 is 11.3 Å². The van der Waals surface area contributed by atoms with E-state index in [1.54, 1.807) is 17.0 Å². The number of aliphatic hydroxyl groups excluding tert-OH is 1. The highest BCUT2D eigenvalue weighted by Gasteiger charge is 2.35. The van der Waals surface area contributed by atoms with E-state index in [9.17, 15) is 23.1 Å². The number of nitriles is 1. The minimum absolute atomic E-state index is 0.00495. The number of nitrogens with zero attached hydrogens (tertiary/aromatic N) is 3. The van der Waals surface area contributed by atoms with Crippen LogP contribution in [0.4, 0.5) is 13.2 Å². The molecule has 168 valence electrons. The molecule has 0 saturated carbocycles. The lowest BCUT2D eigenvalue weighted by Crippen LogP contribution is -2.32. The Morgan fingerprint density at radius 1 is 1.35 bits per heavy atom. The van der Waals surface area contributed by atoms with Crippen LogP contribution in [0.2, 0.25) is 0 Å². The van der Waals surface area contributed by atoms with E-state index < -0.39 is 17.3 Å². The Labute approximate surface area is 182 Å². The maximum atomic E-state index is 12.7. The number of likely N-dealkylation sites (N-methyl/N-ethyl adjacent to an activating group) is 1. The summed E-state index contributed by atoms with van der Waals surface area (Å²) in [4.78, 5) is 16.4. The summed E-state index contributed by atoms with van der Waals surface area (Å²) in [6.07, 6.45) is -5.80. The van der Waals surface area contributed by atoms with Gasteiger partial charge in [0.1, 0.15) is 11.9 Å². The van der Waals surface area contributed by atoms with Crippen LogP contribution < -0.4 is 10.1 Å². The van der Waals surface area contributed by atoms with E-state index in [0.717, 1.165) is 5.56 Å². The number of aromatic nitrogens is 1. The lowest BCUT2D eigenvalue weighted by molar-refractivity contribution is -0.137. The summed E-state index contributed by atoms with van der Waals surface area (Å²) in [6, 6.07) is 9.14. The topological polar surface area (TPSA) is 98.5 Å². The normalized spacial score (nSPS) is 13.5. The summed E-state index contributed by atoms with van der Waals surface area (Å²) in [5.41, 5.74) is 0.878. The number of carbonyl (C=O) groups is 1. The number of halogens is 3. The van der Waals surface area contributed by atoms with Crippen LogP contribution in [0.5, 0.6) is 5.75 Å². The SMILES string of the molecule is CNC(=O)COc1ccc(C(C)CN(CC#N)CC(O)c2csc(C(F)(F)F)n2)cc1. The molecular weight excluding hydrogens is 433 g/mol. The van der Waals surface area contributed by atoms with E-state index in [4.69, 9.17) is 10.00 Å². The predicted octanol–water partition coefficient (Wildman–Crippen LogP) is 2.95. The second kappa shape index (κ2) is 11.1. The van der Waals surface area contributed by atoms with Gasteiger partial charge in [-0.15, -0.1) is 11.3 Å². The molecule has 0 saturated heterocycles. The van der Waals surface area contributed by atoms with Gasteiger partial charge < -0.3 is 15.2 Å². The van der Waals surface area contributed by atoms with Crippen LogP contribution in [0.15, 0.2) is 29.6 Å². The number of thiazole rings is 1. The fourth-order valence-electron chi connectivity index (χ4n) is 2.82. The highest BCUT2D eigenvalue weighted by Crippen LogP contribution is 2.33. The molecule has 2 rings (SSSR count). The van der Waals surface area contributed by atoms with Gasteiger partial charge in [-0.25, -0.2) is 4.98 Å². The number of aliphatic hydroxyl groups is 1. The molecule has 1 aromatic heterocycles. The minimum Gasteiger partial charge on any atom is -0.484 e. The fraction of sp³-hybridized carbons (Fsp3) is 0.450. The van der Waals surface area contributed by atoms with E-state index >= 15 is 0 Å². The summed E-state index contributed by atoms with van der Waals surface area (Å²) in [7, 11) is 1.52. The molecule has 0 aliphatic rings. The molecule has 11 heteroatoms. The molecule has 2 aromatic rings. The first kappa shape index (κ1) is 24.6. The van der Waals surface area contributed by atoms with E-state index in [-0.39, 0.29) is 37.2 Å². The number of hydrogen-bond donors (Lipinski definition) is 2. The van der Waals surface area contributed by atoms with Gasteiger partial charge in [-0.3, -0.25) is 9.69 Å². The van der Waals surface area contributed by atoms with Crippen molar-refractivity contribution in [2.45, 2.75) is 25.1 Å². The molecule has 31 heavy (non-hydrogen) atoms. The molecule has 0 bridgehead atoms. The van der Waals surface area contributed by atoms with Gasteiger partial charge in [0.05, 0.1) is 18.3 Å². The number of carbonyl (C=O) groups excluding carboxylic acids is 1. The first-order chi connectivity index (χ1) is 14.6. The average molecular weight is 456 g/mol. The molecule has 0 spiro atoms. The highest BCUT2D eigenvalue weighted by atomic mass is 32.1. The third-order valence-corrected chi connectivity index (χ3v) is 5.37. The number of rotatable bonds is 10. The molecule has 2 atom stereocenters. The summed E-state index contributed by atoms with van der Waals surface area (Å²) in [5.74, 6) is 0.258. The van der Waals surface area contributed by atoms with E-state index in [2.05, 4.69) is 10.3 Å². The fourth-order valence-corrected chi connectivity index (χ4v) is 3.55. The molecule has 0 fully saturated rings. The van der Waals surface area contributed by atoms with Gasteiger partial charge in [-0.05, 0) is 23.6 Å². The van der Waals surface area contributed by atoms with E-state index in [1.807, 2.05) is 25.1 Å². The summed E-state index contributed by atoms with van der Waals surface area (Å²) in [5, 5.41) is 22.0. The standard InChI is InChI=1S/C20H23F3N4O3S/c1-13(14-3-5-15(6-4-14)30-11-18(29)25-2)9-27(8-7-24)10-17(28)16-12-31-19(26-16)20(21,22)23/h3-6,12-13,17,28H,8-11H2,1-2H3,(H,25,29). The highest BCUT2D eigenvalue weighted by molar-refractivity contribution is 7.09. The number of benzene rings is 1. The molecule has 2 unspecified atom stereocenters. The van der Waals surface area contributed by atoms with Gasteiger partial charge in [-0.1, -0.05) is 19.1 Å². The van der Waals surface area contributed by atoms with Crippen molar-refractivity contribution in [1.82, 2.24) is 15.2 Å². The van der Waals surface area contributed by atoms with Gasteiger partial charge >= 0.3 is 6.18 Å². The van der Waals surface area contributed by atoms with Gasteiger partial charge in [0, 0.05) is 25.5 Å². The van der Waals surface area contributed by atoms with Crippen LogP contribution in [-0.4, -0.2) is 54.2 Å². The van der Waals surface area contributed by atoms with Crippen molar-refractivity contribution in [2.75, 3.05) is 33.3 Å². The number of ether oxygens (including phenoxy) is 1. The maximum absolute atomic E-state index is 12.7. The predicted molar refractivity (Wildman–Crippen MR) is 109 cm³/mol. The van der Waals surface area contributed by atoms with Crippen molar-refractivity contribution in [3.63, 3.8) is 0 Å². The van der Waals surface area contributed by atoms with Crippen molar-refractivity contribution in [3.8, 4) is 11.8 Å². The monoisotopic (exact) mass is 456 g/mol. The Morgan fingerprint density at radius 2 is 2.03 bits per heavy atom. The Kier molecular flexibility index (Phi) is 8.79. The molecule has 1 amide bonds. The Morgan fingerprint density at radius 3 is 2.58 bits per heavy atom. The van der Waals surface area contributed by atoms with Crippen LogP contribution in [0.25, 0.3) is 0 Å². The van der Waals surface area contributed by atoms with Crippen LogP contribution in [0, 0.1) is 11.3 Å². The zero-order valence-corrected chi connectivity index (χ0v) is 17.8. The molecule has 0 aliphatic heterocycles. The molecule has 2 N–H and O–H groups in total. The molecule has 7 nitrogen and oxygen atoms in total.